The molecule has 1 aliphatic rings. The first-order valence-corrected chi connectivity index (χ1v) is 14.6. The van der Waals surface area contributed by atoms with Crippen LogP contribution in [0.25, 0.3) is 21.8 Å². The normalized spacial score (nSPS) is 20.3. The van der Waals surface area contributed by atoms with Crippen LogP contribution >= 0.6 is 23.2 Å². The summed E-state index contributed by atoms with van der Waals surface area (Å²) < 4.78 is 14.8. The molecule has 0 saturated heterocycles. The Morgan fingerprint density at radius 2 is 1.62 bits per heavy atom. The van der Waals surface area contributed by atoms with Crippen LogP contribution in [-0.2, 0) is 6.42 Å². The highest BCUT2D eigenvalue weighted by Gasteiger charge is 2.16. The molecule has 4 aromatic rings. The molecule has 2 atom stereocenters. The van der Waals surface area contributed by atoms with E-state index in [0.717, 1.165) is 41.1 Å². The molecule has 3 nitrogen and oxygen atoms in total. The molecule has 1 saturated carbocycles. The summed E-state index contributed by atoms with van der Waals surface area (Å²) in [4.78, 5) is 7.47. The Kier molecular flexibility index (Phi) is 8.89. The molecular weight excluding hydrogens is 504 g/mol. The molecule has 1 aliphatic carbocycles. The minimum Gasteiger partial charge on any atom is -0.380 e. The number of hydrogen-bond acceptors (Lipinski definition) is 2. The third-order valence-electron chi connectivity index (χ3n) is 7.90. The zero-order valence-electron chi connectivity index (χ0n) is 21.3. The fourth-order valence-electron chi connectivity index (χ4n) is 5.87. The second kappa shape index (κ2) is 12.5. The number of nitrogens with one attached hydrogen (secondary N) is 2. The number of halogens is 3. The van der Waals surface area contributed by atoms with Crippen LogP contribution in [0.3, 0.4) is 0 Å². The van der Waals surface area contributed by atoms with Crippen molar-refractivity contribution in [2.24, 2.45) is 5.92 Å². The molecule has 196 valence electrons. The molecule has 5 rings (SSSR count). The molecule has 2 N–H and O–H groups in total. The van der Waals surface area contributed by atoms with E-state index in [4.69, 9.17) is 23.2 Å². The predicted octanol–water partition coefficient (Wildman–Crippen LogP) is 10.1. The van der Waals surface area contributed by atoms with Crippen molar-refractivity contribution < 1.29 is 4.39 Å². The zero-order chi connectivity index (χ0) is 25.6. The summed E-state index contributed by atoms with van der Waals surface area (Å²) in [7, 11) is 0. The van der Waals surface area contributed by atoms with Gasteiger partial charge in [-0.25, -0.2) is 4.39 Å². The Bertz CT molecular complexity index is 1340. The summed E-state index contributed by atoms with van der Waals surface area (Å²) in [6, 6.07) is 12.3. The number of nitrogens with zero attached hydrogens (tertiary/aromatic N) is 1. The molecule has 2 aromatic carbocycles. The number of hydrogen-bond donors (Lipinski definition) is 2. The van der Waals surface area contributed by atoms with Gasteiger partial charge in [0.2, 0.25) is 0 Å². The summed E-state index contributed by atoms with van der Waals surface area (Å²) in [6.45, 7) is 0. The fourth-order valence-corrected chi connectivity index (χ4v) is 6.25. The largest absolute Gasteiger partial charge is 0.380 e. The second-order valence-electron chi connectivity index (χ2n) is 10.7. The van der Waals surface area contributed by atoms with Gasteiger partial charge < -0.3 is 10.3 Å². The smallest absolute Gasteiger partial charge is 0.148 e. The topological polar surface area (TPSA) is 40.7 Å². The number of aromatic nitrogens is 2. The van der Waals surface area contributed by atoms with E-state index in [1.54, 1.807) is 18.5 Å². The van der Waals surface area contributed by atoms with Crippen molar-refractivity contribution in [2.45, 2.75) is 83.1 Å². The summed E-state index contributed by atoms with van der Waals surface area (Å²) >= 11 is 12.5. The SMILES string of the molecule is Fc1cc2[nH]cc(Cl)c2cc1N[C@@H]1CCCCCCC(Cc2ccc3ncc(Cl)cc3c2)CCCCC1. The molecule has 0 bridgehead atoms. The van der Waals surface area contributed by atoms with Crippen LogP contribution in [0.2, 0.25) is 10.0 Å². The Labute approximate surface area is 229 Å². The minimum atomic E-state index is -0.219. The Morgan fingerprint density at radius 1 is 0.892 bits per heavy atom. The Balaban J connectivity index is 1.18. The lowest BCUT2D eigenvalue weighted by atomic mass is 9.88. The van der Waals surface area contributed by atoms with Crippen molar-refractivity contribution in [2.75, 3.05) is 5.32 Å². The van der Waals surface area contributed by atoms with Crippen molar-refractivity contribution in [3.05, 3.63) is 70.2 Å². The van der Waals surface area contributed by atoms with Crippen LogP contribution in [0.15, 0.2) is 48.8 Å². The lowest BCUT2D eigenvalue weighted by Gasteiger charge is -2.21. The number of pyridine rings is 1. The van der Waals surface area contributed by atoms with E-state index in [1.807, 2.05) is 12.1 Å². The summed E-state index contributed by atoms with van der Waals surface area (Å²) in [5, 5.41) is 6.84. The number of benzene rings is 2. The third-order valence-corrected chi connectivity index (χ3v) is 8.41. The summed E-state index contributed by atoms with van der Waals surface area (Å²) in [5.74, 6) is 0.495. The van der Waals surface area contributed by atoms with Crippen molar-refractivity contribution in [1.29, 1.82) is 0 Å². The van der Waals surface area contributed by atoms with Gasteiger partial charge in [0.15, 0.2) is 0 Å². The molecule has 0 spiro atoms. The van der Waals surface area contributed by atoms with Crippen LogP contribution in [-0.4, -0.2) is 16.0 Å². The molecule has 0 aliphatic heterocycles. The Hall–Kier alpha value is -2.30. The van der Waals surface area contributed by atoms with Crippen molar-refractivity contribution in [1.82, 2.24) is 9.97 Å². The lowest BCUT2D eigenvalue weighted by molar-refractivity contribution is 0.405. The third kappa shape index (κ3) is 6.97. The maximum absolute atomic E-state index is 14.8. The number of fused-ring (bicyclic) bond motifs is 2. The van der Waals surface area contributed by atoms with E-state index in [9.17, 15) is 4.39 Å². The van der Waals surface area contributed by atoms with E-state index in [2.05, 4.69) is 33.5 Å². The highest BCUT2D eigenvalue weighted by Crippen LogP contribution is 2.30. The first-order valence-electron chi connectivity index (χ1n) is 13.8. The maximum atomic E-state index is 14.8. The van der Waals surface area contributed by atoms with Gasteiger partial charge in [-0.2, -0.15) is 0 Å². The van der Waals surface area contributed by atoms with E-state index >= 15 is 0 Å². The van der Waals surface area contributed by atoms with Gasteiger partial charge in [0.05, 0.1) is 21.2 Å². The number of rotatable bonds is 4. The van der Waals surface area contributed by atoms with E-state index in [-0.39, 0.29) is 5.82 Å². The van der Waals surface area contributed by atoms with Gasteiger partial charge in [-0.1, -0.05) is 87.1 Å². The summed E-state index contributed by atoms with van der Waals surface area (Å²) in [5.41, 5.74) is 3.69. The molecule has 1 unspecified atom stereocenters. The minimum absolute atomic E-state index is 0.219. The highest BCUT2D eigenvalue weighted by molar-refractivity contribution is 6.35. The average Bonchev–Trinajstić information content (AvgIpc) is 3.24. The van der Waals surface area contributed by atoms with Crippen LogP contribution in [0.5, 0.6) is 0 Å². The van der Waals surface area contributed by atoms with Crippen LogP contribution < -0.4 is 5.32 Å². The van der Waals surface area contributed by atoms with Crippen molar-refractivity contribution in [3.8, 4) is 0 Å². The second-order valence-corrected chi connectivity index (χ2v) is 11.6. The summed E-state index contributed by atoms with van der Waals surface area (Å²) in [6.07, 6.45) is 17.8. The van der Waals surface area contributed by atoms with Gasteiger partial charge in [-0.15, -0.1) is 0 Å². The van der Waals surface area contributed by atoms with Crippen LogP contribution in [0.4, 0.5) is 10.1 Å². The lowest BCUT2D eigenvalue weighted by Crippen LogP contribution is -2.20. The van der Waals surface area contributed by atoms with Crippen molar-refractivity contribution >= 4 is 50.7 Å². The standard InChI is InChI=1S/C31H36Cl2FN3/c32-24-16-23-15-22(12-13-29(23)35-19-24)14-21-8-4-1-2-6-10-25(11-7-3-5-9-21)37-31-17-26-27(33)20-36-30(26)18-28(31)34/h12-13,15-21,25,36-37H,1-11,14H2/t21?,25-/m1/s1. The molecule has 1 fully saturated rings. The molecule has 37 heavy (non-hydrogen) atoms. The van der Waals surface area contributed by atoms with Crippen LogP contribution in [0.1, 0.15) is 76.2 Å². The van der Waals surface area contributed by atoms with E-state index in [0.29, 0.717) is 27.7 Å². The number of anilines is 1. The highest BCUT2D eigenvalue weighted by atomic mass is 35.5. The van der Waals surface area contributed by atoms with Gasteiger partial charge in [0.1, 0.15) is 5.82 Å². The van der Waals surface area contributed by atoms with Gasteiger partial charge in [-0.3, -0.25) is 4.98 Å². The zero-order valence-corrected chi connectivity index (χ0v) is 22.9. The van der Waals surface area contributed by atoms with Gasteiger partial charge in [-0.05, 0) is 55.0 Å². The van der Waals surface area contributed by atoms with E-state index in [1.165, 1.54) is 63.4 Å². The molecule has 0 radical (unpaired) electrons. The fraction of sp³-hybridized carbons (Fsp3) is 0.452. The van der Waals surface area contributed by atoms with Crippen molar-refractivity contribution in [3.63, 3.8) is 0 Å². The molecule has 2 heterocycles. The molecule has 0 amide bonds. The van der Waals surface area contributed by atoms with Gasteiger partial charge >= 0.3 is 0 Å². The van der Waals surface area contributed by atoms with E-state index < -0.39 is 0 Å². The number of H-pyrrole nitrogens is 1. The van der Waals surface area contributed by atoms with Crippen LogP contribution in [0, 0.1) is 11.7 Å². The predicted molar refractivity (Wildman–Crippen MR) is 155 cm³/mol. The van der Waals surface area contributed by atoms with Gasteiger partial charge in [0.25, 0.3) is 0 Å². The molecule has 2 aromatic heterocycles. The molecule has 6 heteroatoms. The monoisotopic (exact) mass is 539 g/mol. The molecular formula is C31H36Cl2FN3. The number of aromatic amines is 1. The maximum Gasteiger partial charge on any atom is 0.148 e. The quantitative estimate of drug-likeness (QED) is 0.270. The first-order chi connectivity index (χ1) is 18.0. The average molecular weight is 541 g/mol. The Morgan fingerprint density at radius 3 is 2.41 bits per heavy atom. The van der Waals surface area contributed by atoms with Gasteiger partial charge in [0, 0.05) is 40.8 Å². The first kappa shape index (κ1) is 26.3.